The molecule has 5 heteroatoms. The van der Waals surface area contributed by atoms with Crippen molar-refractivity contribution in [2.24, 2.45) is 0 Å². The zero-order chi connectivity index (χ0) is 18.0. The molecule has 5 nitrogen and oxygen atoms in total. The van der Waals surface area contributed by atoms with Crippen molar-refractivity contribution in [3.63, 3.8) is 0 Å². The van der Waals surface area contributed by atoms with Gasteiger partial charge in [-0.25, -0.2) is 0 Å². The average Bonchev–Trinajstić information content (AvgIpc) is 3.35. The van der Waals surface area contributed by atoms with Gasteiger partial charge in [0.15, 0.2) is 0 Å². The largest absolute Gasteiger partial charge is 0.497 e. The number of carbonyl (C=O) groups excluding carboxylic acids is 1. The summed E-state index contributed by atoms with van der Waals surface area (Å²) in [7, 11) is 1.70. The lowest BCUT2D eigenvalue weighted by atomic mass is 9.88. The number of hydrogen-bond donors (Lipinski definition) is 0. The predicted octanol–water partition coefficient (Wildman–Crippen LogP) is 2.83. The molecular weight excluding hydrogens is 328 g/mol. The van der Waals surface area contributed by atoms with Crippen LogP contribution in [0.4, 0.5) is 0 Å². The molecule has 142 valence electrons. The van der Waals surface area contributed by atoms with Gasteiger partial charge in [-0.3, -0.25) is 9.69 Å². The van der Waals surface area contributed by atoms with Crippen LogP contribution in [0.3, 0.4) is 0 Å². The second-order valence-electron chi connectivity index (χ2n) is 7.98. The molecule has 1 atom stereocenters. The predicted molar refractivity (Wildman–Crippen MR) is 100 cm³/mol. The Morgan fingerprint density at radius 3 is 2.46 bits per heavy atom. The first-order chi connectivity index (χ1) is 12.7. The van der Waals surface area contributed by atoms with Crippen molar-refractivity contribution in [3.8, 4) is 5.75 Å². The first-order valence-corrected chi connectivity index (χ1v) is 9.99. The molecule has 1 aromatic rings. The minimum absolute atomic E-state index is 0.0591. The van der Waals surface area contributed by atoms with Crippen molar-refractivity contribution in [3.05, 3.63) is 29.8 Å². The van der Waals surface area contributed by atoms with Gasteiger partial charge in [0.05, 0.1) is 12.7 Å². The van der Waals surface area contributed by atoms with Crippen molar-refractivity contribution in [2.45, 2.75) is 56.8 Å². The van der Waals surface area contributed by atoms with Crippen LogP contribution in [-0.2, 0) is 16.1 Å². The summed E-state index contributed by atoms with van der Waals surface area (Å²) in [6, 6.07) is 8.32. The zero-order valence-electron chi connectivity index (χ0n) is 15.8. The highest BCUT2D eigenvalue weighted by Crippen LogP contribution is 2.40. The molecule has 3 heterocycles. The van der Waals surface area contributed by atoms with E-state index in [1.54, 1.807) is 7.11 Å². The Bertz CT molecular complexity index is 617. The lowest BCUT2D eigenvalue weighted by Gasteiger charge is -2.39. The van der Waals surface area contributed by atoms with E-state index in [2.05, 4.69) is 17.0 Å². The van der Waals surface area contributed by atoms with Gasteiger partial charge in [0.25, 0.3) is 5.91 Å². The van der Waals surface area contributed by atoms with E-state index >= 15 is 0 Å². The molecule has 26 heavy (non-hydrogen) atoms. The SMILES string of the molecule is COc1ccc(CN2CCC3(CCC(C(=O)N4CCCC4)O3)CC2)cc1. The second-order valence-corrected chi connectivity index (χ2v) is 7.98. The maximum Gasteiger partial charge on any atom is 0.251 e. The molecule has 0 N–H and O–H groups in total. The maximum absolute atomic E-state index is 12.6. The van der Waals surface area contributed by atoms with Gasteiger partial charge in [-0.2, -0.15) is 0 Å². The lowest BCUT2D eigenvalue weighted by molar-refractivity contribution is -0.150. The van der Waals surface area contributed by atoms with Gasteiger partial charge in [0.1, 0.15) is 11.9 Å². The molecule has 3 aliphatic rings. The van der Waals surface area contributed by atoms with E-state index in [9.17, 15) is 4.79 Å². The van der Waals surface area contributed by atoms with Gasteiger partial charge in [0, 0.05) is 32.7 Å². The fraction of sp³-hybridized carbons (Fsp3) is 0.667. The standard InChI is InChI=1S/C21H30N2O3/c1-25-18-6-4-17(5-7-18)16-22-14-10-21(11-15-22)9-8-19(26-21)20(24)23-12-2-3-13-23/h4-7,19H,2-3,8-16H2,1H3. The third-order valence-corrected chi connectivity index (χ3v) is 6.28. The molecule has 1 spiro atoms. The molecule has 3 aliphatic heterocycles. The van der Waals surface area contributed by atoms with Gasteiger partial charge in [-0.15, -0.1) is 0 Å². The highest BCUT2D eigenvalue weighted by molar-refractivity contribution is 5.81. The number of piperidine rings is 1. The van der Waals surface area contributed by atoms with Crippen molar-refractivity contribution in [1.82, 2.24) is 9.80 Å². The van der Waals surface area contributed by atoms with Crippen LogP contribution in [0.25, 0.3) is 0 Å². The summed E-state index contributed by atoms with van der Waals surface area (Å²) in [5, 5.41) is 0. The Balaban J connectivity index is 1.28. The van der Waals surface area contributed by atoms with E-state index in [4.69, 9.17) is 9.47 Å². The second kappa shape index (κ2) is 7.57. The Morgan fingerprint density at radius 1 is 1.12 bits per heavy atom. The highest BCUT2D eigenvalue weighted by Gasteiger charge is 2.45. The number of ether oxygens (including phenoxy) is 2. The normalized spacial score (nSPS) is 25.7. The third-order valence-electron chi connectivity index (χ3n) is 6.28. The number of amides is 1. The van der Waals surface area contributed by atoms with Gasteiger partial charge in [-0.05, 0) is 56.2 Å². The van der Waals surface area contributed by atoms with Crippen LogP contribution in [0, 0.1) is 0 Å². The van der Waals surface area contributed by atoms with Crippen molar-refractivity contribution >= 4 is 5.91 Å². The van der Waals surface area contributed by atoms with Crippen LogP contribution in [0.2, 0.25) is 0 Å². The summed E-state index contributed by atoms with van der Waals surface area (Å²) in [5.74, 6) is 1.14. The minimum Gasteiger partial charge on any atom is -0.497 e. The van der Waals surface area contributed by atoms with Gasteiger partial charge in [-0.1, -0.05) is 12.1 Å². The van der Waals surface area contributed by atoms with E-state index in [1.807, 2.05) is 17.0 Å². The van der Waals surface area contributed by atoms with Crippen molar-refractivity contribution < 1.29 is 14.3 Å². The molecule has 3 fully saturated rings. The smallest absolute Gasteiger partial charge is 0.251 e. The van der Waals surface area contributed by atoms with E-state index < -0.39 is 0 Å². The Labute approximate surface area is 156 Å². The van der Waals surface area contributed by atoms with Gasteiger partial charge >= 0.3 is 0 Å². The van der Waals surface area contributed by atoms with E-state index in [1.165, 1.54) is 5.56 Å². The van der Waals surface area contributed by atoms with Crippen LogP contribution in [0.5, 0.6) is 5.75 Å². The van der Waals surface area contributed by atoms with Crippen LogP contribution in [-0.4, -0.2) is 60.7 Å². The summed E-state index contributed by atoms with van der Waals surface area (Å²) < 4.78 is 11.6. The van der Waals surface area contributed by atoms with Crippen LogP contribution in [0.1, 0.15) is 44.1 Å². The molecule has 0 aromatic heterocycles. The molecule has 0 bridgehead atoms. The Morgan fingerprint density at radius 2 is 1.81 bits per heavy atom. The number of nitrogens with zero attached hydrogens (tertiary/aromatic N) is 2. The molecule has 0 saturated carbocycles. The topological polar surface area (TPSA) is 42.0 Å². The van der Waals surface area contributed by atoms with Crippen LogP contribution < -0.4 is 4.74 Å². The summed E-state index contributed by atoms with van der Waals surface area (Å²) in [6.07, 6.45) is 6.09. The lowest BCUT2D eigenvalue weighted by Crippen LogP contribution is -2.45. The summed E-state index contributed by atoms with van der Waals surface area (Å²) in [5.41, 5.74) is 1.26. The van der Waals surface area contributed by atoms with E-state index in [0.29, 0.717) is 0 Å². The molecule has 4 rings (SSSR count). The van der Waals surface area contributed by atoms with Crippen LogP contribution in [0.15, 0.2) is 24.3 Å². The Hall–Kier alpha value is -1.59. The molecule has 0 radical (unpaired) electrons. The molecule has 1 amide bonds. The number of benzene rings is 1. The zero-order valence-corrected chi connectivity index (χ0v) is 15.8. The van der Waals surface area contributed by atoms with Crippen molar-refractivity contribution in [2.75, 3.05) is 33.3 Å². The average molecular weight is 358 g/mol. The number of methoxy groups -OCH3 is 1. The molecule has 3 saturated heterocycles. The highest BCUT2D eigenvalue weighted by atomic mass is 16.5. The molecular formula is C21H30N2O3. The molecule has 0 aliphatic carbocycles. The van der Waals surface area contributed by atoms with Crippen LogP contribution >= 0.6 is 0 Å². The molecule has 1 aromatic carbocycles. The first-order valence-electron chi connectivity index (χ1n) is 9.99. The summed E-state index contributed by atoms with van der Waals surface area (Å²) in [6.45, 7) is 4.88. The number of likely N-dealkylation sites (tertiary alicyclic amines) is 2. The van der Waals surface area contributed by atoms with Gasteiger partial charge < -0.3 is 14.4 Å². The molecule has 1 unspecified atom stereocenters. The number of hydrogen-bond acceptors (Lipinski definition) is 4. The fourth-order valence-corrected chi connectivity index (χ4v) is 4.60. The summed E-state index contributed by atoms with van der Waals surface area (Å²) in [4.78, 5) is 17.1. The maximum atomic E-state index is 12.6. The minimum atomic E-state index is -0.193. The van der Waals surface area contributed by atoms with E-state index in [-0.39, 0.29) is 17.6 Å². The van der Waals surface area contributed by atoms with Crippen molar-refractivity contribution in [1.29, 1.82) is 0 Å². The number of rotatable bonds is 4. The quantitative estimate of drug-likeness (QED) is 0.830. The Kier molecular flexibility index (Phi) is 5.18. The fourth-order valence-electron chi connectivity index (χ4n) is 4.60. The summed E-state index contributed by atoms with van der Waals surface area (Å²) >= 11 is 0. The third kappa shape index (κ3) is 3.74. The van der Waals surface area contributed by atoms with E-state index in [0.717, 1.165) is 77.0 Å². The number of carbonyl (C=O) groups is 1. The van der Waals surface area contributed by atoms with Gasteiger partial charge in [0.2, 0.25) is 0 Å². The monoisotopic (exact) mass is 358 g/mol. The first kappa shape index (κ1) is 17.8.